The summed E-state index contributed by atoms with van der Waals surface area (Å²) in [6, 6.07) is 8.18. The Balaban J connectivity index is 1.62. The average Bonchev–Trinajstić information content (AvgIpc) is 3.11. The summed E-state index contributed by atoms with van der Waals surface area (Å²) in [5.74, 6) is 0.00529. The number of amides is 1. The number of para-hydroxylation sites is 2. The number of nitrogens with one attached hydrogen (secondary N) is 2. The number of aromatic nitrogens is 3. The molecule has 0 radical (unpaired) electrons. The molecule has 1 amide bonds. The third-order valence-electron chi connectivity index (χ3n) is 3.21. The van der Waals surface area contributed by atoms with Crippen LogP contribution in [-0.4, -0.2) is 33.3 Å². The lowest BCUT2D eigenvalue weighted by Crippen LogP contribution is -2.23. The first-order valence-electron chi connectivity index (χ1n) is 6.80. The summed E-state index contributed by atoms with van der Waals surface area (Å²) >= 11 is 0. The minimum absolute atomic E-state index is 0.00529. The number of carbonyl (C=O) groups is 1. The van der Waals surface area contributed by atoms with E-state index < -0.39 is 0 Å². The van der Waals surface area contributed by atoms with Gasteiger partial charge in [-0.05, 0) is 25.0 Å². The van der Waals surface area contributed by atoms with Gasteiger partial charge >= 0.3 is 0 Å². The highest BCUT2D eigenvalue weighted by molar-refractivity contribution is 5.92. The lowest BCUT2D eigenvalue weighted by atomic mass is 10.2. The maximum absolute atomic E-state index is 11.9. The van der Waals surface area contributed by atoms with Crippen molar-refractivity contribution in [3.8, 4) is 5.69 Å². The molecule has 6 heteroatoms. The molecule has 1 aromatic carbocycles. The molecule has 1 aliphatic rings. The van der Waals surface area contributed by atoms with Crippen molar-refractivity contribution in [2.45, 2.75) is 25.3 Å². The fourth-order valence-electron chi connectivity index (χ4n) is 2.00. The van der Waals surface area contributed by atoms with Crippen LogP contribution in [0.3, 0.4) is 0 Å². The van der Waals surface area contributed by atoms with Crippen LogP contribution in [0.1, 0.15) is 19.3 Å². The van der Waals surface area contributed by atoms with E-state index >= 15 is 0 Å². The molecule has 0 bridgehead atoms. The van der Waals surface area contributed by atoms with E-state index in [2.05, 4.69) is 20.7 Å². The lowest BCUT2D eigenvalue weighted by Gasteiger charge is -2.10. The Morgan fingerprint density at radius 1 is 1.35 bits per heavy atom. The maximum atomic E-state index is 11.9. The maximum Gasteiger partial charge on any atom is 0.225 e. The van der Waals surface area contributed by atoms with Crippen molar-refractivity contribution >= 4 is 11.6 Å². The minimum Gasteiger partial charge on any atom is -0.324 e. The predicted molar refractivity (Wildman–Crippen MR) is 75.6 cm³/mol. The zero-order valence-electron chi connectivity index (χ0n) is 11.1. The molecule has 0 saturated heterocycles. The van der Waals surface area contributed by atoms with E-state index in [9.17, 15) is 4.79 Å². The average molecular weight is 271 g/mol. The SMILES string of the molecule is O=C(CCNC1CC1)Nc1ccccc1-n1cncn1. The third kappa shape index (κ3) is 3.21. The van der Waals surface area contributed by atoms with Gasteiger partial charge in [0.15, 0.2) is 0 Å². The van der Waals surface area contributed by atoms with Crippen LogP contribution < -0.4 is 10.6 Å². The Kier molecular flexibility index (Phi) is 3.73. The van der Waals surface area contributed by atoms with Gasteiger partial charge in [-0.2, -0.15) is 5.10 Å². The molecule has 1 saturated carbocycles. The van der Waals surface area contributed by atoms with Crippen molar-refractivity contribution in [1.82, 2.24) is 20.1 Å². The fraction of sp³-hybridized carbons (Fsp3) is 0.357. The molecular formula is C14H17N5O. The molecule has 20 heavy (non-hydrogen) atoms. The zero-order valence-corrected chi connectivity index (χ0v) is 11.1. The first-order valence-corrected chi connectivity index (χ1v) is 6.80. The van der Waals surface area contributed by atoms with Gasteiger partial charge in [0.2, 0.25) is 5.91 Å². The summed E-state index contributed by atoms with van der Waals surface area (Å²) in [6.45, 7) is 0.724. The van der Waals surface area contributed by atoms with Crippen molar-refractivity contribution < 1.29 is 4.79 Å². The fourth-order valence-corrected chi connectivity index (χ4v) is 2.00. The van der Waals surface area contributed by atoms with Gasteiger partial charge < -0.3 is 10.6 Å². The van der Waals surface area contributed by atoms with Crippen LogP contribution in [0.15, 0.2) is 36.9 Å². The largest absolute Gasteiger partial charge is 0.324 e. The normalized spacial score (nSPS) is 14.2. The van der Waals surface area contributed by atoms with Gasteiger partial charge in [0, 0.05) is 19.0 Å². The Morgan fingerprint density at radius 3 is 2.95 bits per heavy atom. The van der Waals surface area contributed by atoms with Gasteiger partial charge in [0.1, 0.15) is 12.7 Å². The summed E-state index contributed by atoms with van der Waals surface area (Å²) in [5.41, 5.74) is 1.56. The molecule has 1 aliphatic carbocycles. The van der Waals surface area contributed by atoms with Gasteiger partial charge in [-0.1, -0.05) is 12.1 Å². The molecule has 1 heterocycles. The summed E-state index contributed by atoms with van der Waals surface area (Å²) in [5, 5.41) is 10.3. The van der Waals surface area contributed by atoms with Crippen molar-refractivity contribution in [1.29, 1.82) is 0 Å². The number of benzene rings is 1. The number of anilines is 1. The van der Waals surface area contributed by atoms with E-state index in [0.717, 1.165) is 17.9 Å². The van der Waals surface area contributed by atoms with E-state index in [1.54, 1.807) is 11.0 Å². The van der Waals surface area contributed by atoms with Crippen molar-refractivity contribution in [2.75, 3.05) is 11.9 Å². The highest BCUT2D eigenvalue weighted by Gasteiger charge is 2.20. The Morgan fingerprint density at radius 2 is 2.20 bits per heavy atom. The van der Waals surface area contributed by atoms with Crippen LogP contribution in [0, 0.1) is 0 Å². The second kappa shape index (κ2) is 5.83. The minimum atomic E-state index is 0.00529. The van der Waals surface area contributed by atoms with E-state index in [4.69, 9.17) is 0 Å². The smallest absolute Gasteiger partial charge is 0.225 e. The van der Waals surface area contributed by atoms with Gasteiger partial charge in [-0.3, -0.25) is 4.79 Å². The van der Waals surface area contributed by atoms with E-state index in [0.29, 0.717) is 12.5 Å². The molecule has 0 unspecified atom stereocenters. The Labute approximate surface area is 117 Å². The van der Waals surface area contributed by atoms with Crippen molar-refractivity contribution in [3.63, 3.8) is 0 Å². The zero-order chi connectivity index (χ0) is 13.8. The quantitative estimate of drug-likeness (QED) is 0.832. The number of rotatable bonds is 6. The Hall–Kier alpha value is -2.21. The van der Waals surface area contributed by atoms with Crippen LogP contribution in [0.2, 0.25) is 0 Å². The lowest BCUT2D eigenvalue weighted by molar-refractivity contribution is -0.116. The van der Waals surface area contributed by atoms with Gasteiger partial charge in [0.25, 0.3) is 0 Å². The van der Waals surface area contributed by atoms with Crippen molar-refractivity contribution in [2.24, 2.45) is 0 Å². The van der Waals surface area contributed by atoms with E-state index in [1.165, 1.54) is 19.2 Å². The number of hydrogen-bond donors (Lipinski definition) is 2. The number of carbonyl (C=O) groups excluding carboxylic acids is 1. The predicted octanol–water partition coefficient (Wildman–Crippen LogP) is 1.35. The van der Waals surface area contributed by atoms with Crippen LogP contribution in [0.25, 0.3) is 5.69 Å². The molecule has 2 aromatic rings. The van der Waals surface area contributed by atoms with Gasteiger partial charge in [0.05, 0.1) is 11.4 Å². The topological polar surface area (TPSA) is 71.8 Å². The summed E-state index contributed by atoms with van der Waals surface area (Å²) in [6.07, 6.45) is 6.02. The van der Waals surface area contributed by atoms with Crippen molar-refractivity contribution in [3.05, 3.63) is 36.9 Å². The summed E-state index contributed by atoms with van der Waals surface area (Å²) in [7, 11) is 0. The van der Waals surface area contributed by atoms with Gasteiger partial charge in [-0.15, -0.1) is 0 Å². The van der Waals surface area contributed by atoms with Crippen LogP contribution in [0.4, 0.5) is 5.69 Å². The molecule has 1 aromatic heterocycles. The molecule has 1 fully saturated rings. The monoisotopic (exact) mass is 271 g/mol. The second-order valence-electron chi connectivity index (χ2n) is 4.88. The van der Waals surface area contributed by atoms with E-state index in [-0.39, 0.29) is 5.91 Å². The second-order valence-corrected chi connectivity index (χ2v) is 4.88. The highest BCUT2D eigenvalue weighted by Crippen LogP contribution is 2.19. The van der Waals surface area contributed by atoms with Crippen LogP contribution in [0.5, 0.6) is 0 Å². The molecule has 3 rings (SSSR count). The van der Waals surface area contributed by atoms with Crippen LogP contribution >= 0.6 is 0 Å². The van der Waals surface area contributed by atoms with Gasteiger partial charge in [-0.25, -0.2) is 9.67 Å². The first kappa shape index (κ1) is 12.8. The third-order valence-corrected chi connectivity index (χ3v) is 3.21. The number of hydrogen-bond acceptors (Lipinski definition) is 4. The molecule has 0 atom stereocenters. The Bertz CT molecular complexity index is 577. The molecule has 104 valence electrons. The van der Waals surface area contributed by atoms with Crippen LogP contribution in [-0.2, 0) is 4.79 Å². The standard InChI is InChI=1S/C14H17N5O/c20-14(7-8-16-11-5-6-11)18-12-3-1-2-4-13(12)19-10-15-9-17-19/h1-4,9-11,16H,5-8H2,(H,18,20). The highest BCUT2D eigenvalue weighted by atomic mass is 16.1. The molecular weight excluding hydrogens is 254 g/mol. The number of nitrogens with zero attached hydrogens (tertiary/aromatic N) is 3. The van der Waals surface area contributed by atoms with E-state index in [1.807, 2.05) is 24.3 Å². The first-order chi connectivity index (χ1) is 9.83. The molecule has 6 nitrogen and oxygen atoms in total. The molecule has 0 aliphatic heterocycles. The molecule has 0 spiro atoms. The summed E-state index contributed by atoms with van der Waals surface area (Å²) in [4.78, 5) is 15.9. The summed E-state index contributed by atoms with van der Waals surface area (Å²) < 4.78 is 1.64. The molecule has 2 N–H and O–H groups in total.